The molecule has 0 saturated carbocycles. The van der Waals surface area contributed by atoms with Crippen LogP contribution < -0.4 is 0 Å². The van der Waals surface area contributed by atoms with Crippen LogP contribution in [-0.2, 0) is 0 Å². The fourth-order valence-corrected chi connectivity index (χ4v) is 3.48. The molecule has 0 atom stereocenters. The van der Waals surface area contributed by atoms with E-state index in [2.05, 4.69) is 5.10 Å². The number of rotatable bonds is 2. The quantitative estimate of drug-likeness (QED) is 0.378. The van der Waals surface area contributed by atoms with Gasteiger partial charge in [0.05, 0.1) is 21.8 Å². The summed E-state index contributed by atoms with van der Waals surface area (Å²) in [5.74, 6) is -1.23. The molecule has 3 aromatic carbocycles. The third-order valence-electron chi connectivity index (χ3n) is 4.41. The van der Waals surface area contributed by atoms with E-state index in [1.807, 2.05) is 19.1 Å². The molecule has 7 heteroatoms. The SMILES string of the molecule is Cc1ccc2c(c1)c(-c1ccc(Cl)cc1F)nn2-c1cc(F)c(C#N)cc1Cl. The molecule has 0 unspecified atom stereocenters. The molecule has 0 aliphatic heterocycles. The van der Waals surface area contributed by atoms with Crippen molar-refractivity contribution >= 4 is 34.1 Å². The molecule has 0 aliphatic carbocycles. The van der Waals surface area contributed by atoms with Gasteiger partial charge in [-0.1, -0.05) is 34.8 Å². The summed E-state index contributed by atoms with van der Waals surface area (Å²) in [5, 5.41) is 14.6. The Labute approximate surface area is 169 Å². The average Bonchev–Trinajstić information content (AvgIpc) is 3.01. The van der Waals surface area contributed by atoms with Crippen molar-refractivity contribution in [3.8, 4) is 23.0 Å². The molecular weight excluding hydrogens is 403 g/mol. The van der Waals surface area contributed by atoms with Crippen LogP contribution in [0.5, 0.6) is 0 Å². The predicted molar refractivity (Wildman–Crippen MR) is 106 cm³/mol. The highest BCUT2D eigenvalue weighted by Gasteiger charge is 2.19. The van der Waals surface area contributed by atoms with Crippen LogP contribution in [0.1, 0.15) is 11.1 Å². The highest BCUT2D eigenvalue weighted by Crippen LogP contribution is 2.35. The summed E-state index contributed by atoms with van der Waals surface area (Å²) >= 11 is 12.1. The zero-order valence-electron chi connectivity index (χ0n) is 14.5. The van der Waals surface area contributed by atoms with Crippen LogP contribution in [0.4, 0.5) is 8.78 Å². The monoisotopic (exact) mass is 413 g/mol. The first-order valence-corrected chi connectivity index (χ1v) is 8.99. The van der Waals surface area contributed by atoms with Crippen molar-refractivity contribution in [1.29, 1.82) is 5.26 Å². The molecule has 1 aromatic heterocycles. The van der Waals surface area contributed by atoms with Gasteiger partial charge in [-0.25, -0.2) is 13.5 Å². The standard InChI is InChI=1S/C21H11Cl2F2N3/c1-11-2-5-19-15(6-11)21(14-4-3-13(22)8-18(14)25)27-28(19)20-9-17(24)12(10-26)7-16(20)23/h2-9H,1H3. The lowest BCUT2D eigenvalue weighted by molar-refractivity contribution is 0.621. The summed E-state index contributed by atoms with van der Waals surface area (Å²) in [6, 6.07) is 14.0. The number of benzene rings is 3. The van der Waals surface area contributed by atoms with E-state index in [-0.39, 0.29) is 26.9 Å². The first kappa shape index (κ1) is 18.4. The van der Waals surface area contributed by atoms with Crippen molar-refractivity contribution in [2.75, 3.05) is 0 Å². The van der Waals surface area contributed by atoms with Crippen LogP contribution >= 0.6 is 23.2 Å². The number of aromatic nitrogens is 2. The van der Waals surface area contributed by atoms with Gasteiger partial charge in [0, 0.05) is 22.0 Å². The molecule has 0 amide bonds. The van der Waals surface area contributed by atoms with Gasteiger partial charge in [0.25, 0.3) is 0 Å². The first-order chi connectivity index (χ1) is 13.4. The summed E-state index contributed by atoms with van der Waals surface area (Å²) in [6.07, 6.45) is 0. The van der Waals surface area contributed by atoms with Crippen LogP contribution in [0, 0.1) is 29.9 Å². The molecule has 0 saturated heterocycles. The Kier molecular flexibility index (Phi) is 4.54. The molecule has 4 aromatic rings. The van der Waals surface area contributed by atoms with E-state index in [1.165, 1.54) is 16.8 Å². The average molecular weight is 414 g/mol. The van der Waals surface area contributed by atoms with Crippen LogP contribution in [0.2, 0.25) is 10.0 Å². The number of hydrogen-bond acceptors (Lipinski definition) is 2. The summed E-state index contributed by atoms with van der Waals surface area (Å²) in [4.78, 5) is 0. The van der Waals surface area contributed by atoms with Crippen molar-refractivity contribution in [3.05, 3.63) is 81.3 Å². The van der Waals surface area contributed by atoms with Crippen molar-refractivity contribution in [1.82, 2.24) is 9.78 Å². The first-order valence-electron chi connectivity index (χ1n) is 8.23. The predicted octanol–water partition coefficient (Wildman–Crippen LogP) is 6.46. The van der Waals surface area contributed by atoms with E-state index in [0.29, 0.717) is 16.6 Å². The Hall–Kier alpha value is -2.94. The van der Waals surface area contributed by atoms with Gasteiger partial charge in [-0.05, 0) is 43.3 Å². The molecule has 28 heavy (non-hydrogen) atoms. The number of halogens is 4. The van der Waals surface area contributed by atoms with Crippen molar-refractivity contribution < 1.29 is 8.78 Å². The van der Waals surface area contributed by atoms with Crippen LogP contribution in [-0.4, -0.2) is 9.78 Å². The number of fused-ring (bicyclic) bond motifs is 1. The Balaban J connectivity index is 2.05. The highest BCUT2D eigenvalue weighted by molar-refractivity contribution is 6.32. The summed E-state index contributed by atoms with van der Waals surface area (Å²) in [7, 11) is 0. The Morgan fingerprint density at radius 1 is 1.00 bits per heavy atom. The van der Waals surface area contributed by atoms with E-state index in [4.69, 9.17) is 28.5 Å². The second-order valence-electron chi connectivity index (χ2n) is 6.30. The molecule has 0 radical (unpaired) electrons. The topological polar surface area (TPSA) is 41.6 Å². The maximum Gasteiger partial charge on any atom is 0.143 e. The summed E-state index contributed by atoms with van der Waals surface area (Å²) < 4.78 is 30.2. The normalized spacial score (nSPS) is 11.0. The fourth-order valence-electron chi connectivity index (χ4n) is 3.08. The van der Waals surface area contributed by atoms with Gasteiger partial charge in [-0.15, -0.1) is 0 Å². The fraction of sp³-hybridized carbons (Fsp3) is 0.0476. The lowest BCUT2D eigenvalue weighted by atomic mass is 10.1. The number of nitrogens with zero attached hydrogens (tertiary/aromatic N) is 3. The van der Waals surface area contributed by atoms with E-state index in [1.54, 1.807) is 24.3 Å². The molecule has 0 fully saturated rings. The van der Waals surface area contributed by atoms with Crippen LogP contribution in [0.3, 0.4) is 0 Å². The number of nitriles is 1. The van der Waals surface area contributed by atoms with Gasteiger partial charge in [0.15, 0.2) is 0 Å². The Bertz CT molecular complexity index is 1290. The van der Waals surface area contributed by atoms with E-state index in [9.17, 15) is 8.78 Å². The van der Waals surface area contributed by atoms with Gasteiger partial charge in [0.1, 0.15) is 23.4 Å². The van der Waals surface area contributed by atoms with Crippen LogP contribution in [0.15, 0.2) is 48.5 Å². The minimum Gasteiger partial charge on any atom is -0.231 e. The molecular formula is C21H11Cl2F2N3. The zero-order chi connectivity index (χ0) is 20.0. The Morgan fingerprint density at radius 3 is 2.50 bits per heavy atom. The minimum atomic E-state index is -0.711. The minimum absolute atomic E-state index is 0.158. The van der Waals surface area contributed by atoms with Crippen molar-refractivity contribution in [3.63, 3.8) is 0 Å². The van der Waals surface area contributed by atoms with E-state index >= 15 is 0 Å². The van der Waals surface area contributed by atoms with E-state index < -0.39 is 11.6 Å². The van der Waals surface area contributed by atoms with E-state index in [0.717, 1.165) is 11.6 Å². The van der Waals surface area contributed by atoms with Gasteiger partial charge in [-0.2, -0.15) is 10.4 Å². The van der Waals surface area contributed by atoms with Gasteiger partial charge < -0.3 is 0 Å². The second-order valence-corrected chi connectivity index (χ2v) is 7.14. The molecule has 3 nitrogen and oxygen atoms in total. The summed E-state index contributed by atoms with van der Waals surface area (Å²) in [5.41, 5.74) is 2.33. The third kappa shape index (κ3) is 3.01. The molecule has 0 N–H and O–H groups in total. The lowest BCUT2D eigenvalue weighted by Gasteiger charge is -2.07. The lowest BCUT2D eigenvalue weighted by Crippen LogP contribution is -2.00. The van der Waals surface area contributed by atoms with Crippen molar-refractivity contribution in [2.24, 2.45) is 0 Å². The Morgan fingerprint density at radius 2 is 1.79 bits per heavy atom. The van der Waals surface area contributed by atoms with Crippen LogP contribution in [0.25, 0.3) is 27.8 Å². The van der Waals surface area contributed by atoms with Gasteiger partial charge >= 0.3 is 0 Å². The van der Waals surface area contributed by atoms with Crippen molar-refractivity contribution in [2.45, 2.75) is 6.92 Å². The molecule has 0 aliphatic rings. The highest BCUT2D eigenvalue weighted by atomic mass is 35.5. The maximum atomic E-state index is 14.6. The molecule has 1 heterocycles. The van der Waals surface area contributed by atoms with Gasteiger partial charge in [-0.3, -0.25) is 0 Å². The molecule has 138 valence electrons. The molecule has 0 spiro atoms. The third-order valence-corrected chi connectivity index (χ3v) is 4.94. The number of aryl methyl sites for hydroxylation is 1. The molecule has 0 bridgehead atoms. The maximum absolute atomic E-state index is 14.6. The second kappa shape index (κ2) is 6.90. The smallest absolute Gasteiger partial charge is 0.143 e. The summed E-state index contributed by atoms with van der Waals surface area (Å²) in [6.45, 7) is 1.91. The molecule has 4 rings (SSSR count). The zero-order valence-corrected chi connectivity index (χ0v) is 16.0. The van der Waals surface area contributed by atoms with Gasteiger partial charge in [0.2, 0.25) is 0 Å². The number of hydrogen-bond donors (Lipinski definition) is 0. The largest absolute Gasteiger partial charge is 0.231 e.